The zero-order valence-electron chi connectivity index (χ0n) is 15.7. The number of nitrogens with two attached hydrogens (primary N) is 1. The summed E-state index contributed by atoms with van der Waals surface area (Å²) in [6, 6.07) is 1.86. The summed E-state index contributed by atoms with van der Waals surface area (Å²) in [4.78, 5) is 16.6. The molecule has 2 unspecified atom stereocenters. The van der Waals surface area contributed by atoms with Gasteiger partial charge in [0.25, 0.3) is 0 Å². The number of hydrogen-bond donors (Lipinski definition) is 2. The number of carbonyl (C=O) groups is 1. The van der Waals surface area contributed by atoms with Crippen LogP contribution in [0.5, 0.6) is 0 Å². The molecule has 25 heavy (non-hydrogen) atoms. The van der Waals surface area contributed by atoms with Crippen molar-refractivity contribution in [3.8, 4) is 0 Å². The number of rotatable bonds is 5. The predicted molar refractivity (Wildman–Crippen MR) is 102 cm³/mol. The summed E-state index contributed by atoms with van der Waals surface area (Å²) in [5, 5.41) is 3.04. The number of amides is 1. The van der Waals surface area contributed by atoms with Crippen LogP contribution in [0.3, 0.4) is 0 Å². The van der Waals surface area contributed by atoms with E-state index < -0.39 is 0 Å². The molecule has 3 atom stereocenters. The second-order valence-corrected chi connectivity index (χ2v) is 7.98. The zero-order chi connectivity index (χ0) is 17.8. The highest BCUT2D eigenvalue weighted by Crippen LogP contribution is 2.45. The van der Waals surface area contributed by atoms with Crippen molar-refractivity contribution < 1.29 is 4.79 Å². The van der Waals surface area contributed by atoms with Crippen molar-refractivity contribution in [3.63, 3.8) is 0 Å². The first kappa shape index (κ1) is 18.2. The van der Waals surface area contributed by atoms with Gasteiger partial charge in [0.05, 0.1) is 0 Å². The second kappa shape index (κ2) is 8.20. The maximum absolute atomic E-state index is 12.3. The normalized spacial score (nSPS) is 26.1. The van der Waals surface area contributed by atoms with Gasteiger partial charge in [-0.2, -0.15) is 0 Å². The number of anilines is 1. The van der Waals surface area contributed by atoms with Crippen molar-refractivity contribution in [1.82, 2.24) is 10.3 Å². The lowest BCUT2D eigenvalue weighted by molar-refractivity contribution is -0.118. The Bertz CT molecular complexity index is 588. The molecule has 0 spiro atoms. The van der Waals surface area contributed by atoms with Gasteiger partial charge in [-0.1, -0.05) is 38.5 Å². The van der Waals surface area contributed by atoms with Crippen LogP contribution in [0, 0.1) is 38.0 Å². The summed E-state index contributed by atoms with van der Waals surface area (Å²) in [5.41, 5.74) is 8.82. The van der Waals surface area contributed by atoms with E-state index in [4.69, 9.17) is 5.73 Å². The molecule has 1 aromatic rings. The minimum atomic E-state index is 0.0496. The Morgan fingerprint density at radius 2 is 2.00 bits per heavy atom. The molecule has 1 radical (unpaired) electrons. The average Bonchev–Trinajstić information content (AvgIpc) is 2.59. The van der Waals surface area contributed by atoms with Gasteiger partial charge in [0.2, 0.25) is 5.91 Å². The summed E-state index contributed by atoms with van der Waals surface area (Å²) in [6.07, 6.45) is 12.5. The SMILES string of the molecule is Cc1cc(N)nc(C)c1CNC(=O)[CH]CC1CCCC2CCCC[C@@H]12. The highest BCUT2D eigenvalue weighted by molar-refractivity contribution is 5.84. The van der Waals surface area contributed by atoms with Gasteiger partial charge in [-0.05, 0) is 61.6 Å². The van der Waals surface area contributed by atoms with Crippen molar-refractivity contribution in [2.75, 3.05) is 5.73 Å². The monoisotopic (exact) mass is 342 g/mol. The minimum Gasteiger partial charge on any atom is -0.384 e. The third-order valence-electron chi connectivity index (χ3n) is 6.34. The molecule has 2 fully saturated rings. The fourth-order valence-corrected chi connectivity index (χ4v) is 5.03. The van der Waals surface area contributed by atoms with Gasteiger partial charge in [-0.25, -0.2) is 4.98 Å². The van der Waals surface area contributed by atoms with Crippen molar-refractivity contribution in [2.24, 2.45) is 17.8 Å². The Labute approximate surface area is 152 Å². The molecule has 1 aromatic heterocycles. The van der Waals surface area contributed by atoms with E-state index in [1.54, 1.807) is 0 Å². The molecule has 2 aliphatic carbocycles. The molecule has 4 nitrogen and oxygen atoms in total. The van der Waals surface area contributed by atoms with Crippen molar-refractivity contribution in [3.05, 3.63) is 29.3 Å². The average molecular weight is 343 g/mol. The van der Waals surface area contributed by atoms with E-state index in [0.29, 0.717) is 18.3 Å². The molecule has 0 bridgehead atoms. The van der Waals surface area contributed by atoms with Crippen LogP contribution in [-0.4, -0.2) is 10.9 Å². The van der Waals surface area contributed by atoms with Crippen LogP contribution in [0.25, 0.3) is 0 Å². The van der Waals surface area contributed by atoms with Crippen LogP contribution in [0.2, 0.25) is 0 Å². The molecule has 0 aliphatic heterocycles. The number of hydrogen-bond acceptors (Lipinski definition) is 3. The Kier molecular flexibility index (Phi) is 5.98. The maximum Gasteiger partial charge on any atom is 0.224 e. The van der Waals surface area contributed by atoms with Crippen molar-refractivity contribution >= 4 is 11.7 Å². The molecule has 3 N–H and O–H groups in total. The molecule has 137 valence electrons. The molecule has 0 aromatic carbocycles. The number of nitrogen functional groups attached to an aromatic ring is 1. The van der Waals surface area contributed by atoms with E-state index in [9.17, 15) is 4.79 Å². The van der Waals surface area contributed by atoms with E-state index >= 15 is 0 Å². The van der Waals surface area contributed by atoms with E-state index in [-0.39, 0.29) is 5.91 Å². The number of nitrogens with zero attached hydrogens (tertiary/aromatic N) is 1. The molecule has 2 saturated carbocycles. The van der Waals surface area contributed by atoms with Crippen LogP contribution >= 0.6 is 0 Å². The summed E-state index contributed by atoms with van der Waals surface area (Å²) in [5.74, 6) is 3.09. The standard InChI is InChI=1S/C21H32N3O/c1-14-12-20(22)24-15(2)19(14)13-23-21(25)11-10-17-8-5-7-16-6-3-4-9-18(16)17/h11-12,16-18H,3-10,13H2,1-2H3,(H2,22,24)(H,23,25)/t16?,17?,18-/m1/s1. The first-order valence-corrected chi connectivity index (χ1v) is 9.88. The number of aromatic nitrogens is 1. The fourth-order valence-electron chi connectivity index (χ4n) is 5.03. The van der Waals surface area contributed by atoms with Gasteiger partial charge < -0.3 is 11.1 Å². The maximum atomic E-state index is 12.3. The molecule has 0 saturated heterocycles. The number of aryl methyl sites for hydroxylation is 2. The Balaban J connectivity index is 1.48. The third-order valence-corrected chi connectivity index (χ3v) is 6.34. The summed E-state index contributed by atoms with van der Waals surface area (Å²) in [7, 11) is 0. The molecule has 1 amide bonds. The second-order valence-electron chi connectivity index (χ2n) is 7.98. The van der Waals surface area contributed by atoms with Gasteiger partial charge in [0, 0.05) is 18.7 Å². The van der Waals surface area contributed by atoms with E-state index in [1.165, 1.54) is 44.9 Å². The predicted octanol–water partition coefficient (Wildman–Crippen LogP) is 4.10. The lowest BCUT2D eigenvalue weighted by atomic mass is 9.64. The topological polar surface area (TPSA) is 68.0 Å². The molecular weight excluding hydrogens is 310 g/mol. The Morgan fingerprint density at radius 3 is 2.80 bits per heavy atom. The summed E-state index contributed by atoms with van der Waals surface area (Å²) < 4.78 is 0. The van der Waals surface area contributed by atoms with Gasteiger partial charge in [-0.3, -0.25) is 4.79 Å². The largest absolute Gasteiger partial charge is 0.384 e. The molecule has 3 rings (SSSR count). The molecule has 4 heteroatoms. The third kappa shape index (κ3) is 4.53. The fraction of sp³-hybridized carbons (Fsp3) is 0.667. The first-order valence-electron chi connectivity index (χ1n) is 9.88. The van der Waals surface area contributed by atoms with Crippen LogP contribution in [0.15, 0.2) is 6.07 Å². The van der Waals surface area contributed by atoms with Crippen LogP contribution in [-0.2, 0) is 11.3 Å². The van der Waals surface area contributed by atoms with Gasteiger partial charge in [0.15, 0.2) is 0 Å². The van der Waals surface area contributed by atoms with Crippen LogP contribution in [0.4, 0.5) is 5.82 Å². The highest BCUT2D eigenvalue weighted by atomic mass is 16.1. The number of pyridine rings is 1. The quantitative estimate of drug-likeness (QED) is 0.846. The number of fused-ring (bicyclic) bond motifs is 1. The number of nitrogens with one attached hydrogen (secondary N) is 1. The Morgan fingerprint density at radius 1 is 1.24 bits per heavy atom. The van der Waals surface area contributed by atoms with Crippen molar-refractivity contribution in [1.29, 1.82) is 0 Å². The van der Waals surface area contributed by atoms with Gasteiger partial charge in [-0.15, -0.1) is 0 Å². The zero-order valence-corrected chi connectivity index (χ0v) is 15.7. The molecule has 1 heterocycles. The Hall–Kier alpha value is -1.58. The van der Waals surface area contributed by atoms with Gasteiger partial charge >= 0.3 is 0 Å². The van der Waals surface area contributed by atoms with Crippen LogP contribution < -0.4 is 11.1 Å². The van der Waals surface area contributed by atoms with Crippen LogP contribution in [0.1, 0.15) is 68.2 Å². The molecular formula is C21H32N3O. The van der Waals surface area contributed by atoms with E-state index in [1.807, 2.05) is 26.3 Å². The van der Waals surface area contributed by atoms with Crippen molar-refractivity contribution in [2.45, 2.75) is 71.8 Å². The summed E-state index contributed by atoms with van der Waals surface area (Å²) >= 11 is 0. The van der Waals surface area contributed by atoms with Gasteiger partial charge in [0.1, 0.15) is 5.82 Å². The lowest BCUT2D eigenvalue weighted by Crippen LogP contribution is -2.32. The highest BCUT2D eigenvalue weighted by Gasteiger charge is 2.34. The smallest absolute Gasteiger partial charge is 0.224 e. The number of carbonyl (C=O) groups excluding carboxylic acids is 1. The summed E-state index contributed by atoms with van der Waals surface area (Å²) in [6.45, 7) is 4.48. The minimum absolute atomic E-state index is 0.0496. The lowest BCUT2D eigenvalue weighted by Gasteiger charge is -2.41. The van der Waals surface area contributed by atoms with E-state index in [2.05, 4.69) is 10.3 Å². The van der Waals surface area contributed by atoms with E-state index in [0.717, 1.165) is 35.1 Å². The molecule has 2 aliphatic rings. The first-order chi connectivity index (χ1) is 12.0.